The molecule has 5 rings (SSSR count). The predicted molar refractivity (Wildman–Crippen MR) is 152 cm³/mol. The number of para-hydroxylation sites is 2. The van der Waals surface area contributed by atoms with Gasteiger partial charge in [0.15, 0.2) is 5.56 Å². The number of carbonyl (C=O) groups is 3. The van der Waals surface area contributed by atoms with Crippen molar-refractivity contribution in [2.45, 2.75) is 0 Å². The quantitative estimate of drug-likeness (QED) is 0.110. The van der Waals surface area contributed by atoms with Gasteiger partial charge in [0.2, 0.25) is 5.69 Å². The largest absolute Gasteiger partial charge is 1.00 e. The number of aromatic nitrogens is 2. The molecule has 10 nitrogen and oxygen atoms in total. The van der Waals surface area contributed by atoms with E-state index in [1.165, 1.54) is 12.2 Å². The second-order valence-corrected chi connectivity index (χ2v) is 8.58. The Bertz CT molecular complexity index is 1810. The zero-order chi connectivity index (χ0) is 28.1. The molecule has 1 fully saturated rings. The first-order valence-corrected chi connectivity index (χ1v) is 12.2. The van der Waals surface area contributed by atoms with Gasteiger partial charge in [-0.1, -0.05) is 90.6 Å². The van der Waals surface area contributed by atoms with Gasteiger partial charge in [-0.2, -0.15) is 0 Å². The van der Waals surface area contributed by atoms with Gasteiger partial charge in [0.1, 0.15) is 5.57 Å². The SMILES string of the molecule is O=C1NC(=O)N(c2ccccc2)C(=O)C1=CC=C(C=Cc1[c-][nH]c(=O)n(-c2ccccc2)c1=O)c1ccccc1.[K+].[OH-]. The molecule has 42 heavy (non-hydrogen) atoms. The topological polar surface area (TPSA) is 151 Å². The average Bonchev–Trinajstić information content (AvgIpc) is 2.97. The zero-order valence-corrected chi connectivity index (χ0v) is 25.5. The molecule has 0 atom stereocenters. The Kier molecular flexibility index (Phi) is 11.2. The van der Waals surface area contributed by atoms with Crippen molar-refractivity contribution in [3.63, 3.8) is 0 Å². The van der Waals surface area contributed by atoms with E-state index >= 15 is 0 Å². The predicted octanol–water partition coefficient (Wildman–Crippen LogP) is 0.459. The number of nitrogens with zero attached hydrogens (tertiary/aromatic N) is 2. The summed E-state index contributed by atoms with van der Waals surface area (Å²) in [5, 5.41) is 2.19. The number of imide groups is 2. The summed E-state index contributed by atoms with van der Waals surface area (Å²) >= 11 is 0. The summed E-state index contributed by atoms with van der Waals surface area (Å²) in [5.41, 5.74) is 0.633. The summed E-state index contributed by atoms with van der Waals surface area (Å²) in [6, 6.07) is 25.0. The van der Waals surface area contributed by atoms with Gasteiger partial charge in [-0.3, -0.25) is 14.9 Å². The van der Waals surface area contributed by atoms with E-state index in [0.717, 1.165) is 15.0 Å². The number of hydrogen-bond donors (Lipinski definition) is 2. The maximum atomic E-state index is 13.2. The summed E-state index contributed by atoms with van der Waals surface area (Å²) in [4.78, 5) is 67.0. The Labute approximate surface area is 282 Å². The molecule has 0 unspecified atom stereocenters. The minimum absolute atomic E-state index is 0. The van der Waals surface area contributed by atoms with Crippen molar-refractivity contribution in [1.82, 2.24) is 14.9 Å². The van der Waals surface area contributed by atoms with E-state index in [9.17, 15) is 24.0 Å². The molecule has 11 heteroatoms. The molecule has 1 aliphatic rings. The van der Waals surface area contributed by atoms with Crippen LogP contribution in [0, 0.1) is 6.20 Å². The van der Waals surface area contributed by atoms with Crippen molar-refractivity contribution in [1.29, 1.82) is 0 Å². The Morgan fingerprint density at radius 1 is 0.762 bits per heavy atom. The number of urea groups is 1. The fourth-order valence-corrected chi connectivity index (χ4v) is 4.08. The molecule has 3 aromatic carbocycles. The first-order chi connectivity index (χ1) is 19.4. The van der Waals surface area contributed by atoms with Crippen LogP contribution in [0.3, 0.4) is 0 Å². The number of carbonyl (C=O) groups excluding carboxylic acids is 3. The summed E-state index contributed by atoms with van der Waals surface area (Å²) in [6.45, 7) is 0. The molecular formula is C31H22KN4O6-. The maximum Gasteiger partial charge on any atom is 1.00 e. The standard InChI is InChI=1S/C31H21N4O5.K.H2O/c36-27-26(29(38)35(31(40)33-27)25-14-8-3-9-15-25)19-18-22(21-10-4-1-5-11-21)16-17-23-20-32-30(39)34(28(23)37)24-12-6-2-7-13-24;;/h1-19H,(H,32,39)(H,33,36,40);;1H2/q-1;+1;/p-1. The second-order valence-electron chi connectivity index (χ2n) is 8.58. The van der Waals surface area contributed by atoms with Crippen LogP contribution in [0.25, 0.3) is 17.3 Å². The summed E-state index contributed by atoms with van der Waals surface area (Å²) in [5.74, 6) is -1.60. The number of hydrogen-bond acceptors (Lipinski definition) is 6. The first kappa shape index (κ1) is 32.3. The number of benzene rings is 3. The van der Waals surface area contributed by atoms with Crippen molar-refractivity contribution in [3.05, 3.63) is 153 Å². The van der Waals surface area contributed by atoms with Crippen molar-refractivity contribution >= 4 is 35.2 Å². The molecule has 1 aliphatic heterocycles. The molecular weight excluding hydrogens is 563 g/mol. The van der Waals surface area contributed by atoms with Crippen LogP contribution in [0.5, 0.6) is 0 Å². The van der Waals surface area contributed by atoms with Crippen molar-refractivity contribution in [2.24, 2.45) is 0 Å². The number of nitrogens with one attached hydrogen (secondary N) is 2. The Balaban J connectivity index is 0.00000242. The fraction of sp³-hybridized carbons (Fsp3) is 0. The summed E-state index contributed by atoms with van der Waals surface area (Å²) in [7, 11) is 0. The van der Waals surface area contributed by atoms with Crippen molar-refractivity contribution in [3.8, 4) is 5.69 Å². The fourth-order valence-electron chi connectivity index (χ4n) is 4.08. The van der Waals surface area contributed by atoms with Gasteiger partial charge in [0, 0.05) is 5.69 Å². The average molecular weight is 586 g/mol. The minimum Gasteiger partial charge on any atom is -0.870 e. The molecule has 0 radical (unpaired) electrons. The number of H-pyrrole nitrogens is 1. The Hall–Kier alpha value is -4.23. The van der Waals surface area contributed by atoms with E-state index in [0.29, 0.717) is 16.9 Å². The molecule has 4 aromatic rings. The van der Waals surface area contributed by atoms with Gasteiger partial charge in [-0.25, -0.2) is 9.69 Å². The van der Waals surface area contributed by atoms with E-state index in [4.69, 9.17) is 0 Å². The van der Waals surface area contributed by atoms with Crippen LogP contribution in [0.15, 0.2) is 124 Å². The van der Waals surface area contributed by atoms with Crippen LogP contribution in [0.4, 0.5) is 10.5 Å². The Morgan fingerprint density at radius 2 is 1.33 bits per heavy atom. The molecule has 204 valence electrons. The normalized spacial score (nSPS) is 14.4. The van der Waals surface area contributed by atoms with Crippen LogP contribution >= 0.6 is 0 Å². The molecule has 4 amide bonds. The number of amides is 4. The zero-order valence-electron chi connectivity index (χ0n) is 22.4. The maximum absolute atomic E-state index is 13.2. The van der Waals surface area contributed by atoms with E-state index in [1.807, 2.05) is 30.3 Å². The van der Waals surface area contributed by atoms with E-state index in [2.05, 4.69) is 16.5 Å². The number of allylic oxidation sites excluding steroid dienone is 4. The van der Waals surface area contributed by atoms with Crippen LogP contribution < -0.4 is 72.9 Å². The molecule has 2 heterocycles. The number of aromatic amines is 1. The van der Waals surface area contributed by atoms with Gasteiger partial charge in [0.05, 0.1) is 5.69 Å². The smallest absolute Gasteiger partial charge is 0.870 e. The van der Waals surface area contributed by atoms with Crippen LogP contribution in [-0.2, 0) is 9.59 Å². The third-order valence-corrected chi connectivity index (χ3v) is 6.04. The van der Waals surface area contributed by atoms with Gasteiger partial charge in [-0.15, -0.1) is 6.08 Å². The first-order valence-electron chi connectivity index (χ1n) is 12.2. The number of rotatable bonds is 6. The van der Waals surface area contributed by atoms with Crippen LogP contribution in [-0.4, -0.2) is 32.9 Å². The van der Waals surface area contributed by atoms with Gasteiger partial charge < -0.3 is 24.6 Å². The molecule has 0 spiro atoms. The number of anilines is 1. The molecule has 3 N–H and O–H groups in total. The Morgan fingerprint density at radius 3 is 1.95 bits per heavy atom. The summed E-state index contributed by atoms with van der Waals surface area (Å²) in [6.07, 6.45) is 8.57. The third-order valence-electron chi connectivity index (χ3n) is 6.04. The molecule has 1 saturated heterocycles. The van der Waals surface area contributed by atoms with Crippen molar-refractivity contribution in [2.75, 3.05) is 4.90 Å². The van der Waals surface area contributed by atoms with E-state index < -0.39 is 29.1 Å². The second kappa shape index (κ2) is 14.6. The monoisotopic (exact) mass is 585 g/mol. The molecule has 0 bridgehead atoms. The van der Waals surface area contributed by atoms with E-state index in [-0.39, 0.29) is 68.0 Å². The third kappa shape index (κ3) is 6.97. The molecule has 0 aliphatic carbocycles. The van der Waals surface area contributed by atoms with Gasteiger partial charge in [-0.05, 0) is 41.5 Å². The molecule has 0 saturated carbocycles. The van der Waals surface area contributed by atoms with Crippen LogP contribution in [0.2, 0.25) is 0 Å². The van der Waals surface area contributed by atoms with Gasteiger partial charge >= 0.3 is 57.4 Å². The molecule has 1 aromatic heterocycles. The van der Waals surface area contributed by atoms with Crippen molar-refractivity contribution < 1.29 is 71.2 Å². The van der Waals surface area contributed by atoms with Gasteiger partial charge in [0.25, 0.3) is 11.8 Å². The number of barbiturate groups is 1. The van der Waals surface area contributed by atoms with E-state index in [1.54, 1.807) is 72.8 Å². The minimum atomic E-state index is -0.839. The summed E-state index contributed by atoms with van der Waals surface area (Å²) < 4.78 is 1.00. The van der Waals surface area contributed by atoms with Crippen LogP contribution in [0.1, 0.15) is 11.1 Å².